The number of pyridine rings is 1. The SMILES string of the molecule is C=CC(=O)Nc1ccnc(-c2cccc3cnc(Nc4ccc(N5CCOCC5)cc4C(N)=O)nc23)c1. The molecule has 0 aliphatic carbocycles. The van der Waals surface area contributed by atoms with Gasteiger partial charge in [-0.3, -0.25) is 14.6 Å². The molecule has 4 N–H and O–H groups in total. The molecule has 1 aliphatic heterocycles. The summed E-state index contributed by atoms with van der Waals surface area (Å²) in [5, 5.41) is 6.70. The van der Waals surface area contributed by atoms with Crippen molar-refractivity contribution in [1.82, 2.24) is 15.0 Å². The number of fused-ring (bicyclic) bond motifs is 1. The molecule has 2 aromatic carbocycles. The molecule has 1 saturated heterocycles. The zero-order valence-electron chi connectivity index (χ0n) is 20.0. The molecular weight excluding hydrogens is 470 g/mol. The van der Waals surface area contributed by atoms with E-state index < -0.39 is 5.91 Å². The van der Waals surface area contributed by atoms with Crippen LogP contribution >= 0.6 is 0 Å². The van der Waals surface area contributed by atoms with Crippen LogP contribution in [0.15, 0.2) is 73.6 Å². The Balaban J connectivity index is 1.49. The first-order valence-corrected chi connectivity index (χ1v) is 11.7. The van der Waals surface area contributed by atoms with E-state index in [1.807, 2.05) is 24.3 Å². The molecule has 0 spiro atoms. The molecule has 1 fully saturated rings. The minimum atomic E-state index is -0.554. The lowest BCUT2D eigenvalue weighted by molar-refractivity contribution is -0.111. The van der Waals surface area contributed by atoms with E-state index >= 15 is 0 Å². The van der Waals surface area contributed by atoms with Gasteiger partial charge in [0, 0.05) is 47.8 Å². The van der Waals surface area contributed by atoms with Gasteiger partial charge in [0.2, 0.25) is 11.9 Å². The maximum atomic E-state index is 12.3. The first kappa shape index (κ1) is 23.9. The Morgan fingerprint density at radius 1 is 1.08 bits per heavy atom. The summed E-state index contributed by atoms with van der Waals surface area (Å²) >= 11 is 0. The Morgan fingerprint density at radius 2 is 1.92 bits per heavy atom. The van der Waals surface area contributed by atoms with Crippen LogP contribution in [0.5, 0.6) is 0 Å². The average Bonchev–Trinajstić information content (AvgIpc) is 2.93. The maximum Gasteiger partial charge on any atom is 0.250 e. The second-order valence-electron chi connectivity index (χ2n) is 8.38. The highest BCUT2D eigenvalue weighted by molar-refractivity contribution is 6.01. The lowest BCUT2D eigenvalue weighted by Crippen LogP contribution is -2.36. The van der Waals surface area contributed by atoms with Crippen molar-refractivity contribution in [3.8, 4) is 11.3 Å². The van der Waals surface area contributed by atoms with Crippen molar-refractivity contribution in [1.29, 1.82) is 0 Å². The topological polar surface area (TPSA) is 135 Å². The van der Waals surface area contributed by atoms with Crippen LogP contribution < -0.4 is 21.3 Å². The number of primary amides is 1. The van der Waals surface area contributed by atoms with Gasteiger partial charge >= 0.3 is 0 Å². The van der Waals surface area contributed by atoms with E-state index in [1.165, 1.54) is 6.08 Å². The number of para-hydroxylation sites is 1. The van der Waals surface area contributed by atoms with Gasteiger partial charge in [0.05, 0.1) is 35.7 Å². The predicted molar refractivity (Wildman–Crippen MR) is 143 cm³/mol. The molecule has 5 rings (SSSR count). The number of carbonyl (C=O) groups excluding carboxylic acids is 2. The number of morpholine rings is 1. The highest BCUT2D eigenvalue weighted by atomic mass is 16.5. The average molecular weight is 496 g/mol. The van der Waals surface area contributed by atoms with Crippen LogP contribution in [-0.2, 0) is 9.53 Å². The summed E-state index contributed by atoms with van der Waals surface area (Å²) < 4.78 is 5.42. The van der Waals surface area contributed by atoms with Crippen molar-refractivity contribution < 1.29 is 14.3 Å². The number of anilines is 4. The Morgan fingerprint density at radius 3 is 2.70 bits per heavy atom. The fourth-order valence-corrected chi connectivity index (χ4v) is 4.16. The third-order valence-electron chi connectivity index (χ3n) is 5.99. The molecule has 186 valence electrons. The number of carbonyl (C=O) groups is 2. The second-order valence-corrected chi connectivity index (χ2v) is 8.38. The Labute approximate surface area is 213 Å². The quantitative estimate of drug-likeness (QED) is 0.332. The van der Waals surface area contributed by atoms with Gasteiger partial charge < -0.3 is 26.0 Å². The number of aromatic nitrogens is 3. The number of hydrogen-bond donors (Lipinski definition) is 3. The molecule has 1 aliphatic rings. The smallest absolute Gasteiger partial charge is 0.250 e. The van der Waals surface area contributed by atoms with Gasteiger partial charge in [-0.2, -0.15) is 0 Å². The minimum Gasteiger partial charge on any atom is -0.378 e. The van der Waals surface area contributed by atoms with Gasteiger partial charge in [0.25, 0.3) is 5.91 Å². The lowest BCUT2D eigenvalue weighted by Gasteiger charge is -2.29. The van der Waals surface area contributed by atoms with Crippen LogP contribution in [0.25, 0.3) is 22.2 Å². The van der Waals surface area contributed by atoms with Gasteiger partial charge in [0.15, 0.2) is 0 Å². The van der Waals surface area contributed by atoms with E-state index in [2.05, 4.69) is 32.1 Å². The molecule has 2 amide bonds. The van der Waals surface area contributed by atoms with Crippen molar-refractivity contribution in [2.45, 2.75) is 0 Å². The molecule has 0 unspecified atom stereocenters. The van der Waals surface area contributed by atoms with E-state index in [9.17, 15) is 9.59 Å². The summed E-state index contributed by atoms with van der Waals surface area (Å²) in [6, 6.07) is 14.7. The molecule has 3 heterocycles. The third-order valence-corrected chi connectivity index (χ3v) is 5.99. The summed E-state index contributed by atoms with van der Waals surface area (Å²) in [6.07, 6.45) is 4.52. The molecule has 37 heavy (non-hydrogen) atoms. The monoisotopic (exact) mass is 495 g/mol. The third kappa shape index (κ3) is 5.24. The van der Waals surface area contributed by atoms with Crippen LogP contribution in [0, 0.1) is 0 Å². The van der Waals surface area contributed by atoms with Gasteiger partial charge in [0.1, 0.15) is 0 Å². The second kappa shape index (κ2) is 10.4. The van der Waals surface area contributed by atoms with Gasteiger partial charge in [-0.05, 0) is 36.4 Å². The van der Waals surface area contributed by atoms with Crippen LogP contribution in [0.4, 0.5) is 23.0 Å². The van der Waals surface area contributed by atoms with Crippen molar-refractivity contribution >= 4 is 45.7 Å². The molecule has 2 aromatic heterocycles. The minimum absolute atomic E-state index is 0.303. The summed E-state index contributed by atoms with van der Waals surface area (Å²) in [5.41, 5.74) is 10.1. The van der Waals surface area contributed by atoms with Crippen molar-refractivity contribution in [3.63, 3.8) is 0 Å². The number of hydrogen-bond acceptors (Lipinski definition) is 8. The molecule has 10 heteroatoms. The normalized spacial score (nSPS) is 13.2. The first-order chi connectivity index (χ1) is 18.0. The number of nitrogens with zero attached hydrogens (tertiary/aromatic N) is 4. The zero-order valence-corrected chi connectivity index (χ0v) is 20.0. The Hall–Kier alpha value is -4.83. The van der Waals surface area contributed by atoms with Crippen molar-refractivity contribution in [2.75, 3.05) is 41.8 Å². The number of ether oxygens (including phenoxy) is 1. The van der Waals surface area contributed by atoms with Crippen molar-refractivity contribution in [2.24, 2.45) is 5.73 Å². The molecule has 4 aromatic rings. The largest absolute Gasteiger partial charge is 0.378 e. The highest BCUT2D eigenvalue weighted by Crippen LogP contribution is 2.30. The zero-order chi connectivity index (χ0) is 25.8. The van der Waals surface area contributed by atoms with Crippen LogP contribution in [0.1, 0.15) is 10.4 Å². The molecule has 0 radical (unpaired) electrons. The van der Waals surface area contributed by atoms with Gasteiger partial charge in [-0.1, -0.05) is 24.8 Å². The highest BCUT2D eigenvalue weighted by Gasteiger charge is 2.17. The fraction of sp³-hybridized carbons (Fsp3) is 0.148. The van der Waals surface area contributed by atoms with Crippen molar-refractivity contribution in [3.05, 3.63) is 79.1 Å². The van der Waals surface area contributed by atoms with E-state index in [-0.39, 0.29) is 5.91 Å². The van der Waals surface area contributed by atoms with Gasteiger partial charge in [-0.25, -0.2) is 9.97 Å². The Bertz CT molecular complexity index is 1500. The number of nitrogens with two attached hydrogens (primary N) is 1. The number of amides is 2. The standard InChI is InChI=1S/C27H25N7O3/c1-2-24(35)31-18-8-9-29-23(14-18)20-5-3-4-17-16-30-27(33-25(17)20)32-22-7-6-19(15-21(22)26(28)36)34-10-12-37-13-11-34/h2-9,14-16H,1,10-13H2,(H2,28,36)(H,29,31,35)(H,30,32,33). The van der Waals surface area contributed by atoms with E-state index in [0.717, 1.165) is 29.7 Å². The Kier molecular flexibility index (Phi) is 6.73. The van der Waals surface area contributed by atoms with Crippen LogP contribution in [0.3, 0.4) is 0 Å². The summed E-state index contributed by atoms with van der Waals surface area (Å²) in [7, 11) is 0. The maximum absolute atomic E-state index is 12.3. The van der Waals surface area contributed by atoms with Crippen LogP contribution in [-0.4, -0.2) is 53.1 Å². The van der Waals surface area contributed by atoms with Gasteiger partial charge in [-0.15, -0.1) is 0 Å². The number of benzene rings is 2. The molecule has 0 atom stereocenters. The van der Waals surface area contributed by atoms with Crippen LogP contribution in [0.2, 0.25) is 0 Å². The van der Waals surface area contributed by atoms with E-state index in [4.69, 9.17) is 15.5 Å². The number of rotatable bonds is 7. The number of nitrogens with one attached hydrogen (secondary N) is 2. The van der Waals surface area contributed by atoms with E-state index in [0.29, 0.717) is 47.3 Å². The lowest BCUT2D eigenvalue weighted by atomic mass is 10.1. The first-order valence-electron chi connectivity index (χ1n) is 11.7. The molecule has 0 bridgehead atoms. The van der Waals surface area contributed by atoms with E-state index in [1.54, 1.807) is 36.7 Å². The molecular formula is C27H25N7O3. The summed E-state index contributed by atoms with van der Waals surface area (Å²) in [5.74, 6) is -0.562. The molecule has 0 saturated carbocycles. The predicted octanol–water partition coefficient (Wildman–Crippen LogP) is 3.50. The molecule has 10 nitrogen and oxygen atoms in total. The summed E-state index contributed by atoms with van der Waals surface area (Å²) in [4.78, 5) is 39.8. The summed E-state index contributed by atoms with van der Waals surface area (Å²) in [6.45, 7) is 6.24. The fourth-order valence-electron chi connectivity index (χ4n) is 4.16.